The van der Waals surface area contributed by atoms with E-state index < -0.39 is 20.6 Å². The van der Waals surface area contributed by atoms with Crippen molar-refractivity contribution >= 4 is 20.6 Å². The summed E-state index contributed by atoms with van der Waals surface area (Å²) in [5.41, 5.74) is 0. The predicted octanol–water partition coefficient (Wildman–Crippen LogP) is -1.49. The Bertz CT molecular complexity index is 287. The lowest BCUT2D eigenvalue weighted by molar-refractivity contribution is 0.422. The van der Waals surface area contributed by atoms with Gasteiger partial charge in [-0.2, -0.15) is 16.8 Å². The molecule has 0 unspecified atom stereocenters. The van der Waals surface area contributed by atoms with Crippen LogP contribution in [0.3, 0.4) is 0 Å². The topological polar surface area (TPSA) is 92.3 Å². The Morgan fingerprint density at radius 1 is 1.10 bits per heavy atom. The fourth-order valence-corrected chi connectivity index (χ4v) is 1.32. The minimum absolute atomic E-state index is 0.0398. The standard InChI is InChI=1S/F2H2N2O4S2/c1-3-10(7,8)4-9(2,5)6/h3-4H. The number of hydrogen-bond acceptors (Lipinski definition) is 4. The number of rotatable bonds is 3. The third kappa shape index (κ3) is 4.55. The molecule has 0 aliphatic carbocycles. The van der Waals surface area contributed by atoms with E-state index in [1.165, 1.54) is 0 Å². The molecule has 6 nitrogen and oxygen atoms in total. The minimum Gasteiger partial charge on any atom is -0.192 e. The summed E-state index contributed by atoms with van der Waals surface area (Å²) in [5.74, 6) is 0. The Morgan fingerprint density at radius 3 is 1.60 bits per heavy atom. The first-order valence-electron chi connectivity index (χ1n) is 1.62. The zero-order valence-corrected chi connectivity index (χ0v) is 5.84. The maximum absolute atomic E-state index is 11.3. The van der Waals surface area contributed by atoms with E-state index in [9.17, 15) is 25.2 Å². The molecule has 0 saturated heterocycles. The molecule has 0 atom stereocenters. The summed E-state index contributed by atoms with van der Waals surface area (Å²) >= 11 is 0. The van der Waals surface area contributed by atoms with Crippen LogP contribution in [-0.2, 0) is 20.6 Å². The largest absolute Gasteiger partial charge is 0.386 e. The summed E-state index contributed by atoms with van der Waals surface area (Å²) in [6.45, 7) is 0. The van der Waals surface area contributed by atoms with E-state index >= 15 is 0 Å². The first kappa shape index (κ1) is 9.68. The lowest BCUT2D eigenvalue weighted by atomic mass is 13.7. The van der Waals surface area contributed by atoms with Gasteiger partial charge in [0.15, 0.2) is 0 Å². The van der Waals surface area contributed by atoms with Crippen LogP contribution in [0.2, 0.25) is 0 Å². The van der Waals surface area contributed by atoms with Crippen LogP contribution >= 0.6 is 0 Å². The van der Waals surface area contributed by atoms with E-state index in [-0.39, 0.29) is 4.94 Å². The second kappa shape index (κ2) is 2.74. The molecule has 10 heteroatoms. The third-order valence-corrected chi connectivity index (χ3v) is 2.19. The fourth-order valence-electron chi connectivity index (χ4n) is 0.147. The molecule has 0 aliphatic rings. The van der Waals surface area contributed by atoms with Crippen LogP contribution in [0, 0.1) is 0 Å². The molecule has 0 aromatic carbocycles. The molecule has 10 heavy (non-hydrogen) atoms. The van der Waals surface area contributed by atoms with Gasteiger partial charge in [0.2, 0.25) is 0 Å². The van der Waals surface area contributed by atoms with Crippen molar-refractivity contribution in [3.8, 4) is 0 Å². The number of halogens is 2. The lowest BCUT2D eigenvalue weighted by Crippen LogP contribution is -2.34. The van der Waals surface area contributed by atoms with E-state index in [4.69, 9.17) is 0 Å². The summed E-state index contributed by atoms with van der Waals surface area (Å²) in [4.78, 5) is 0.0398. The van der Waals surface area contributed by atoms with Gasteiger partial charge in [-0.3, -0.25) is 0 Å². The van der Waals surface area contributed by atoms with Crippen molar-refractivity contribution in [1.29, 1.82) is 0 Å². The average molecular weight is 196 g/mol. The Balaban J connectivity index is 4.49. The molecule has 0 radical (unpaired) electrons. The van der Waals surface area contributed by atoms with Crippen molar-refractivity contribution in [3.05, 3.63) is 0 Å². The SMILES string of the molecule is O=S(=O)(F)NS(=O)(=O)NF. The highest BCUT2D eigenvalue weighted by Gasteiger charge is 2.18. The molecule has 0 aromatic rings. The predicted molar refractivity (Wildman–Crippen MR) is 26.3 cm³/mol. The smallest absolute Gasteiger partial charge is 0.192 e. The summed E-state index contributed by atoms with van der Waals surface area (Å²) in [5, 5.41) is 0. The van der Waals surface area contributed by atoms with Gasteiger partial charge >= 0.3 is 20.6 Å². The Kier molecular flexibility index (Phi) is 2.65. The molecule has 0 bridgehead atoms. The van der Waals surface area contributed by atoms with Gasteiger partial charge in [-0.05, 0) is 4.94 Å². The van der Waals surface area contributed by atoms with Gasteiger partial charge in [0.25, 0.3) is 0 Å². The molecule has 0 aromatic heterocycles. The van der Waals surface area contributed by atoms with Crippen molar-refractivity contribution in [1.82, 2.24) is 9.07 Å². The zero-order valence-electron chi connectivity index (χ0n) is 4.21. The molecule has 0 amide bonds. The van der Waals surface area contributed by atoms with Crippen LogP contribution in [0.4, 0.5) is 8.37 Å². The summed E-state index contributed by atoms with van der Waals surface area (Å²) in [6.07, 6.45) is 0. The van der Waals surface area contributed by atoms with Crippen molar-refractivity contribution < 1.29 is 25.2 Å². The fraction of sp³-hybridized carbons (Fsp3) is 0. The zero-order chi connectivity index (χ0) is 8.41. The Hall–Kier alpha value is -0.320. The van der Waals surface area contributed by atoms with Crippen molar-refractivity contribution in [2.24, 2.45) is 0 Å². The summed E-state index contributed by atoms with van der Waals surface area (Å²) < 4.78 is 61.1. The molecular weight excluding hydrogens is 194 g/mol. The molecular formula is H2F2N2O4S2. The minimum atomic E-state index is -5.43. The molecule has 0 rings (SSSR count). The molecule has 0 saturated carbocycles. The third-order valence-electron chi connectivity index (χ3n) is 0.311. The lowest BCUT2D eigenvalue weighted by Gasteiger charge is -1.94. The highest BCUT2D eigenvalue weighted by atomic mass is 32.3. The van der Waals surface area contributed by atoms with Crippen LogP contribution in [0.15, 0.2) is 0 Å². The average Bonchev–Trinajstić information content (AvgIpc) is 1.60. The maximum atomic E-state index is 11.3. The second-order valence-corrected chi connectivity index (χ2v) is 3.81. The van der Waals surface area contributed by atoms with E-state index in [1.807, 2.05) is 0 Å². The highest BCUT2D eigenvalue weighted by molar-refractivity contribution is 8.01. The monoisotopic (exact) mass is 196 g/mol. The van der Waals surface area contributed by atoms with Gasteiger partial charge < -0.3 is 0 Å². The Labute approximate surface area is 55.7 Å². The van der Waals surface area contributed by atoms with E-state index in [1.54, 1.807) is 0 Å². The van der Waals surface area contributed by atoms with Crippen molar-refractivity contribution in [2.45, 2.75) is 0 Å². The maximum Gasteiger partial charge on any atom is 0.386 e. The second-order valence-electron chi connectivity index (χ2n) is 1.10. The van der Waals surface area contributed by atoms with Gasteiger partial charge in [-0.25, -0.2) is 0 Å². The quantitative estimate of drug-likeness (QED) is 0.425. The normalized spacial score (nSPS) is 13.4. The first-order chi connectivity index (χ1) is 4.27. The molecule has 2 N–H and O–H groups in total. The van der Waals surface area contributed by atoms with Crippen LogP contribution in [-0.4, -0.2) is 16.8 Å². The van der Waals surface area contributed by atoms with E-state index in [2.05, 4.69) is 0 Å². The number of nitrogens with one attached hydrogen (secondary N) is 2. The van der Waals surface area contributed by atoms with Crippen LogP contribution < -0.4 is 9.07 Å². The number of hydrogen-bond donors (Lipinski definition) is 2. The van der Waals surface area contributed by atoms with Crippen molar-refractivity contribution in [2.75, 3.05) is 0 Å². The van der Waals surface area contributed by atoms with E-state index in [0.717, 1.165) is 0 Å². The summed E-state index contributed by atoms with van der Waals surface area (Å²) in [7, 11) is -10.3. The van der Waals surface area contributed by atoms with Gasteiger partial charge in [-0.15, -0.1) is 4.48 Å². The highest BCUT2D eigenvalue weighted by Crippen LogP contribution is 1.86. The van der Waals surface area contributed by atoms with Crippen LogP contribution in [0.1, 0.15) is 0 Å². The van der Waals surface area contributed by atoms with Gasteiger partial charge in [0, 0.05) is 0 Å². The van der Waals surface area contributed by atoms with Crippen LogP contribution in [0.25, 0.3) is 0 Å². The first-order valence-corrected chi connectivity index (χ1v) is 4.49. The van der Waals surface area contributed by atoms with Gasteiger partial charge in [-0.1, -0.05) is 8.01 Å². The Morgan fingerprint density at radius 2 is 1.50 bits per heavy atom. The molecule has 0 aliphatic heterocycles. The summed E-state index contributed by atoms with van der Waals surface area (Å²) in [6, 6.07) is 0. The molecule has 0 heterocycles. The molecule has 0 spiro atoms. The van der Waals surface area contributed by atoms with E-state index in [0.29, 0.717) is 4.13 Å². The molecule has 0 fully saturated rings. The molecule has 62 valence electrons. The van der Waals surface area contributed by atoms with Crippen LogP contribution in [0.5, 0.6) is 0 Å². The van der Waals surface area contributed by atoms with Gasteiger partial charge in [0.1, 0.15) is 0 Å². The van der Waals surface area contributed by atoms with Gasteiger partial charge in [0.05, 0.1) is 0 Å². The van der Waals surface area contributed by atoms with Crippen molar-refractivity contribution in [3.63, 3.8) is 0 Å².